The summed E-state index contributed by atoms with van der Waals surface area (Å²) in [5, 5.41) is 8.22. The normalized spacial score (nSPS) is 22.6. The lowest BCUT2D eigenvalue weighted by atomic mass is 9.85. The molecular weight excluding hydrogens is 264 g/mol. The zero-order valence-corrected chi connectivity index (χ0v) is 13.2. The predicted molar refractivity (Wildman–Crippen MR) is 83.6 cm³/mol. The molecule has 1 saturated carbocycles. The molecule has 1 fully saturated rings. The highest BCUT2D eigenvalue weighted by Crippen LogP contribution is 2.24. The number of carbonyl (C=O) groups is 1. The van der Waals surface area contributed by atoms with Gasteiger partial charge in [0.25, 0.3) is 0 Å². The Morgan fingerprint density at radius 2 is 2.05 bits per heavy atom. The molecule has 118 valence electrons. The van der Waals surface area contributed by atoms with Crippen molar-refractivity contribution in [1.82, 2.24) is 15.1 Å². The van der Waals surface area contributed by atoms with E-state index in [2.05, 4.69) is 41.2 Å². The standard InChI is InChI=1S/C16H28N4O/c1-3-15(4-2)20-10-9-14(19-20)11-18-13-7-5-12(6-8-13)16(17)21/h9-10,12-13,15,18H,3-8,11H2,1-2H3,(H2,17,21). The van der Waals surface area contributed by atoms with Crippen molar-refractivity contribution in [2.24, 2.45) is 11.7 Å². The predicted octanol–water partition coefficient (Wildman–Crippen LogP) is 2.38. The van der Waals surface area contributed by atoms with Crippen LogP contribution in [0.1, 0.15) is 64.1 Å². The molecule has 0 aromatic carbocycles. The van der Waals surface area contributed by atoms with Crippen LogP contribution in [0, 0.1) is 5.92 Å². The molecule has 5 heteroatoms. The summed E-state index contributed by atoms with van der Waals surface area (Å²) in [6.45, 7) is 5.20. The number of nitrogens with two attached hydrogens (primary N) is 1. The van der Waals surface area contributed by atoms with Gasteiger partial charge in [0.05, 0.1) is 11.7 Å². The first-order valence-electron chi connectivity index (χ1n) is 8.20. The van der Waals surface area contributed by atoms with Crippen LogP contribution >= 0.6 is 0 Å². The third-order valence-corrected chi connectivity index (χ3v) is 4.68. The molecule has 0 radical (unpaired) electrons. The van der Waals surface area contributed by atoms with Gasteiger partial charge in [0, 0.05) is 24.7 Å². The zero-order valence-electron chi connectivity index (χ0n) is 13.2. The van der Waals surface area contributed by atoms with E-state index in [4.69, 9.17) is 5.73 Å². The minimum atomic E-state index is -0.141. The van der Waals surface area contributed by atoms with Crippen molar-refractivity contribution in [1.29, 1.82) is 0 Å². The lowest BCUT2D eigenvalue weighted by Gasteiger charge is -2.27. The van der Waals surface area contributed by atoms with Crippen molar-refractivity contribution in [2.75, 3.05) is 0 Å². The topological polar surface area (TPSA) is 72.9 Å². The van der Waals surface area contributed by atoms with Crippen LogP contribution in [0.25, 0.3) is 0 Å². The van der Waals surface area contributed by atoms with E-state index in [1.807, 2.05) is 0 Å². The van der Waals surface area contributed by atoms with Gasteiger partial charge in [-0.15, -0.1) is 0 Å². The third kappa shape index (κ3) is 4.30. The summed E-state index contributed by atoms with van der Waals surface area (Å²) >= 11 is 0. The first-order valence-corrected chi connectivity index (χ1v) is 8.20. The van der Waals surface area contributed by atoms with Crippen LogP contribution < -0.4 is 11.1 Å². The molecule has 1 aromatic rings. The van der Waals surface area contributed by atoms with E-state index in [9.17, 15) is 4.79 Å². The fourth-order valence-corrected chi connectivity index (χ4v) is 3.17. The van der Waals surface area contributed by atoms with E-state index in [0.717, 1.165) is 50.8 Å². The van der Waals surface area contributed by atoms with Crippen LogP contribution in [0.4, 0.5) is 0 Å². The monoisotopic (exact) mass is 292 g/mol. The average Bonchev–Trinajstić information content (AvgIpc) is 2.96. The van der Waals surface area contributed by atoms with E-state index in [0.29, 0.717) is 12.1 Å². The zero-order chi connectivity index (χ0) is 15.2. The van der Waals surface area contributed by atoms with E-state index in [1.54, 1.807) is 0 Å². The lowest BCUT2D eigenvalue weighted by molar-refractivity contribution is -0.122. The molecule has 21 heavy (non-hydrogen) atoms. The van der Waals surface area contributed by atoms with Crippen molar-refractivity contribution in [3.05, 3.63) is 18.0 Å². The molecule has 0 atom stereocenters. The Bertz CT molecular complexity index is 445. The van der Waals surface area contributed by atoms with Crippen LogP contribution in [0.2, 0.25) is 0 Å². The van der Waals surface area contributed by atoms with Gasteiger partial charge >= 0.3 is 0 Å². The van der Waals surface area contributed by atoms with Crippen LogP contribution in [0.15, 0.2) is 12.3 Å². The molecule has 1 aliphatic carbocycles. The van der Waals surface area contributed by atoms with Crippen LogP contribution in [0.5, 0.6) is 0 Å². The summed E-state index contributed by atoms with van der Waals surface area (Å²) in [5.41, 5.74) is 6.46. The summed E-state index contributed by atoms with van der Waals surface area (Å²) in [6.07, 6.45) is 8.19. The molecule has 0 unspecified atom stereocenters. The molecule has 1 amide bonds. The molecule has 0 aliphatic heterocycles. The Labute approximate surface area is 127 Å². The molecule has 0 spiro atoms. The summed E-state index contributed by atoms with van der Waals surface area (Å²) in [4.78, 5) is 11.2. The number of hydrogen-bond donors (Lipinski definition) is 2. The highest BCUT2D eigenvalue weighted by Gasteiger charge is 2.24. The summed E-state index contributed by atoms with van der Waals surface area (Å²) in [5.74, 6) is -0.0607. The van der Waals surface area contributed by atoms with Gasteiger partial charge in [-0.25, -0.2) is 0 Å². The Morgan fingerprint density at radius 3 is 2.62 bits per heavy atom. The maximum absolute atomic E-state index is 11.2. The fourth-order valence-electron chi connectivity index (χ4n) is 3.17. The second-order valence-electron chi connectivity index (χ2n) is 6.09. The SMILES string of the molecule is CCC(CC)n1ccc(CNC2CCC(C(N)=O)CC2)n1. The smallest absolute Gasteiger partial charge is 0.220 e. The first kappa shape index (κ1) is 16.0. The number of aromatic nitrogens is 2. The summed E-state index contributed by atoms with van der Waals surface area (Å²) < 4.78 is 2.08. The van der Waals surface area contributed by atoms with Crippen LogP contribution in [-0.2, 0) is 11.3 Å². The van der Waals surface area contributed by atoms with Gasteiger partial charge in [-0.2, -0.15) is 5.10 Å². The van der Waals surface area contributed by atoms with Crippen molar-refractivity contribution in [3.8, 4) is 0 Å². The summed E-state index contributed by atoms with van der Waals surface area (Å²) in [7, 11) is 0. The van der Waals surface area contributed by atoms with E-state index >= 15 is 0 Å². The number of hydrogen-bond acceptors (Lipinski definition) is 3. The van der Waals surface area contributed by atoms with Gasteiger partial charge in [0.1, 0.15) is 0 Å². The molecule has 1 aromatic heterocycles. The second kappa shape index (κ2) is 7.59. The van der Waals surface area contributed by atoms with Crippen molar-refractivity contribution >= 4 is 5.91 Å². The minimum absolute atomic E-state index is 0.0807. The Morgan fingerprint density at radius 1 is 1.38 bits per heavy atom. The molecule has 3 N–H and O–H groups in total. The van der Waals surface area contributed by atoms with Gasteiger partial charge in [-0.3, -0.25) is 9.48 Å². The molecule has 1 aliphatic rings. The number of rotatable bonds is 7. The number of nitrogens with zero attached hydrogens (tertiary/aromatic N) is 2. The maximum atomic E-state index is 11.2. The maximum Gasteiger partial charge on any atom is 0.220 e. The number of nitrogens with one attached hydrogen (secondary N) is 1. The van der Waals surface area contributed by atoms with Crippen molar-refractivity contribution < 1.29 is 4.79 Å². The molecular formula is C16H28N4O. The lowest BCUT2D eigenvalue weighted by Crippen LogP contribution is -2.36. The van der Waals surface area contributed by atoms with E-state index < -0.39 is 0 Å². The molecule has 0 saturated heterocycles. The third-order valence-electron chi connectivity index (χ3n) is 4.68. The largest absolute Gasteiger partial charge is 0.369 e. The number of amides is 1. The van der Waals surface area contributed by atoms with Crippen LogP contribution in [0.3, 0.4) is 0 Å². The van der Waals surface area contributed by atoms with E-state index in [1.165, 1.54) is 0 Å². The number of carbonyl (C=O) groups excluding carboxylic acids is 1. The minimum Gasteiger partial charge on any atom is -0.369 e. The first-order chi connectivity index (χ1) is 10.1. The van der Waals surface area contributed by atoms with Gasteiger partial charge in [-0.1, -0.05) is 13.8 Å². The Kier molecular flexibility index (Phi) is 5.79. The highest BCUT2D eigenvalue weighted by atomic mass is 16.1. The van der Waals surface area contributed by atoms with E-state index in [-0.39, 0.29) is 11.8 Å². The average molecular weight is 292 g/mol. The van der Waals surface area contributed by atoms with Crippen molar-refractivity contribution in [2.45, 2.75) is 71.0 Å². The molecule has 0 bridgehead atoms. The Hall–Kier alpha value is -1.36. The van der Waals surface area contributed by atoms with Gasteiger partial charge in [0.15, 0.2) is 0 Å². The summed E-state index contributed by atoms with van der Waals surface area (Å²) in [6, 6.07) is 3.09. The molecule has 2 rings (SSSR count). The van der Waals surface area contributed by atoms with Gasteiger partial charge < -0.3 is 11.1 Å². The fraction of sp³-hybridized carbons (Fsp3) is 0.750. The quantitative estimate of drug-likeness (QED) is 0.810. The molecule has 1 heterocycles. The number of primary amides is 1. The van der Waals surface area contributed by atoms with Gasteiger partial charge in [0.2, 0.25) is 5.91 Å². The second-order valence-corrected chi connectivity index (χ2v) is 6.09. The van der Waals surface area contributed by atoms with Crippen LogP contribution in [-0.4, -0.2) is 21.7 Å². The molecule has 5 nitrogen and oxygen atoms in total. The van der Waals surface area contributed by atoms with Gasteiger partial charge in [-0.05, 0) is 44.6 Å². The highest BCUT2D eigenvalue weighted by molar-refractivity contribution is 5.76. The van der Waals surface area contributed by atoms with Crippen molar-refractivity contribution in [3.63, 3.8) is 0 Å². The Balaban J connectivity index is 1.78.